The van der Waals surface area contributed by atoms with E-state index in [4.69, 9.17) is 4.42 Å². The monoisotopic (exact) mass is 439 g/mol. The van der Waals surface area contributed by atoms with E-state index in [9.17, 15) is 0 Å². The molecule has 0 fully saturated rings. The van der Waals surface area contributed by atoms with E-state index >= 15 is 0 Å². The summed E-state index contributed by atoms with van der Waals surface area (Å²) in [6.45, 7) is 6.42. The molecule has 1 nitrogen and oxygen atoms in total. The van der Waals surface area contributed by atoms with Crippen LogP contribution in [0, 0.1) is 27.2 Å². The van der Waals surface area contributed by atoms with E-state index in [1.54, 1.807) is 0 Å². The Morgan fingerprint density at radius 1 is 0.821 bits per heavy atom. The Hall–Kier alpha value is -2.18. The molecule has 0 N–H and O–H groups in total. The minimum absolute atomic E-state index is 0. The fourth-order valence-corrected chi connectivity index (χ4v) is 4.12. The predicted molar refractivity (Wildman–Crippen MR) is 114 cm³/mol. The third-order valence-electron chi connectivity index (χ3n) is 5.61. The number of allylic oxidation sites excluding steroid dienone is 1. The quantitative estimate of drug-likeness (QED) is 0.323. The van der Waals surface area contributed by atoms with Crippen molar-refractivity contribution in [1.29, 1.82) is 0 Å². The maximum Gasteiger partial charge on any atom is 0.130 e. The first-order valence-electron chi connectivity index (χ1n) is 9.37. The molecule has 1 aromatic heterocycles. The molecular weight excluding hydrogens is 420 g/mol. The van der Waals surface area contributed by atoms with E-state index in [2.05, 4.69) is 80.9 Å². The Bertz CT molecular complexity index is 1220. The zero-order valence-corrected chi connectivity index (χ0v) is 18.8. The summed E-state index contributed by atoms with van der Waals surface area (Å²) >= 11 is 0. The first-order valence-corrected chi connectivity index (χ1v) is 9.37. The summed E-state index contributed by atoms with van der Waals surface area (Å²) in [7, 11) is 0. The molecule has 0 spiro atoms. The topological polar surface area (TPSA) is 13.1 Å². The van der Waals surface area contributed by atoms with Crippen LogP contribution >= 0.6 is 0 Å². The van der Waals surface area contributed by atoms with E-state index < -0.39 is 0 Å². The van der Waals surface area contributed by atoms with Gasteiger partial charge in [-0.2, -0.15) is 0 Å². The van der Waals surface area contributed by atoms with Gasteiger partial charge in [-0.05, 0) is 83.1 Å². The van der Waals surface area contributed by atoms with Crippen molar-refractivity contribution in [3.8, 4) is 11.1 Å². The molecule has 2 heteroatoms. The molecule has 0 aliphatic heterocycles. The zero-order valence-electron chi connectivity index (χ0n) is 16.3. The Labute approximate surface area is 185 Å². The minimum atomic E-state index is 0. The van der Waals surface area contributed by atoms with Crippen LogP contribution in [0.4, 0.5) is 0 Å². The molecule has 3 aromatic carbocycles. The van der Waals surface area contributed by atoms with Crippen molar-refractivity contribution in [3.63, 3.8) is 0 Å². The van der Waals surface area contributed by atoms with Gasteiger partial charge in [-0.1, -0.05) is 48.5 Å². The van der Waals surface area contributed by atoms with Crippen LogP contribution in [0.2, 0.25) is 0 Å². The van der Waals surface area contributed by atoms with Gasteiger partial charge in [0.1, 0.15) is 11.5 Å². The van der Waals surface area contributed by atoms with Crippen molar-refractivity contribution in [2.75, 3.05) is 0 Å². The van der Waals surface area contributed by atoms with Crippen molar-refractivity contribution in [2.24, 2.45) is 0 Å². The zero-order chi connectivity index (χ0) is 18.5. The average molecular weight is 441 g/mol. The van der Waals surface area contributed by atoms with Gasteiger partial charge in [0, 0.05) is 38.2 Å². The number of hydrogen-bond donors (Lipinski definition) is 0. The van der Waals surface area contributed by atoms with Crippen LogP contribution in [0.3, 0.4) is 0 Å². The molecule has 1 radical (unpaired) electrons. The third kappa shape index (κ3) is 3.05. The molecule has 1 aliphatic carbocycles. The van der Waals surface area contributed by atoms with E-state index in [1.807, 2.05) is 13.0 Å². The second-order valence-electron chi connectivity index (χ2n) is 7.38. The smallest absolute Gasteiger partial charge is 0.130 e. The van der Waals surface area contributed by atoms with E-state index in [0.29, 0.717) is 0 Å². The van der Waals surface area contributed by atoms with Gasteiger partial charge in [-0.25, -0.2) is 0 Å². The van der Waals surface area contributed by atoms with Gasteiger partial charge in [0.05, 0.1) is 0 Å². The SMILES string of the molecule is Cc1ccc(C2=Cc3c(cc(C)c(C)c3-c3cccc4ccccc34)[CH]2)o1.[Zr]. The first kappa shape index (κ1) is 19.2. The van der Waals surface area contributed by atoms with Crippen molar-refractivity contribution >= 4 is 22.4 Å². The third-order valence-corrected chi connectivity index (χ3v) is 5.61. The largest absolute Gasteiger partial charge is 0.462 e. The summed E-state index contributed by atoms with van der Waals surface area (Å²) in [5.74, 6) is 1.87. The molecule has 0 saturated heterocycles. The van der Waals surface area contributed by atoms with Gasteiger partial charge in [0.25, 0.3) is 0 Å². The molecule has 135 valence electrons. The fraction of sp³-hybridized carbons (Fsp3) is 0.115. The van der Waals surface area contributed by atoms with Crippen LogP contribution in [0.15, 0.2) is 65.1 Å². The molecule has 28 heavy (non-hydrogen) atoms. The summed E-state index contributed by atoms with van der Waals surface area (Å²) in [6, 6.07) is 21.6. The van der Waals surface area contributed by atoms with Crippen LogP contribution < -0.4 is 0 Å². The summed E-state index contributed by atoms with van der Waals surface area (Å²) in [5, 5.41) is 2.57. The van der Waals surface area contributed by atoms with Crippen molar-refractivity contribution in [2.45, 2.75) is 20.8 Å². The van der Waals surface area contributed by atoms with Gasteiger partial charge in [-0.3, -0.25) is 0 Å². The molecule has 4 aromatic rings. The van der Waals surface area contributed by atoms with Gasteiger partial charge >= 0.3 is 0 Å². The van der Waals surface area contributed by atoms with Gasteiger partial charge < -0.3 is 4.42 Å². The second-order valence-corrected chi connectivity index (χ2v) is 7.38. The van der Waals surface area contributed by atoms with Crippen LogP contribution in [0.1, 0.15) is 33.8 Å². The van der Waals surface area contributed by atoms with Gasteiger partial charge in [-0.15, -0.1) is 0 Å². The molecular formula is C26H21OZr. The molecule has 0 unspecified atom stereocenters. The number of benzene rings is 3. The summed E-state index contributed by atoms with van der Waals surface area (Å²) in [4.78, 5) is 0. The predicted octanol–water partition coefficient (Wildman–Crippen LogP) is 7.13. The summed E-state index contributed by atoms with van der Waals surface area (Å²) in [5.41, 5.74) is 8.99. The Morgan fingerprint density at radius 3 is 2.39 bits per heavy atom. The number of fused-ring (bicyclic) bond motifs is 2. The average Bonchev–Trinajstić information content (AvgIpc) is 3.28. The number of rotatable bonds is 2. The molecule has 1 heterocycles. The molecule has 0 bridgehead atoms. The normalized spacial score (nSPS) is 12.6. The molecule has 1 aliphatic rings. The maximum absolute atomic E-state index is 5.88. The number of hydrogen-bond acceptors (Lipinski definition) is 1. The number of furan rings is 1. The summed E-state index contributed by atoms with van der Waals surface area (Å²) < 4.78 is 5.88. The molecule has 0 amide bonds. The number of aryl methyl sites for hydroxylation is 2. The summed E-state index contributed by atoms with van der Waals surface area (Å²) in [6.07, 6.45) is 4.52. The van der Waals surface area contributed by atoms with E-state index in [-0.39, 0.29) is 26.2 Å². The maximum atomic E-state index is 5.88. The van der Waals surface area contributed by atoms with Gasteiger partial charge in [0.2, 0.25) is 0 Å². The van der Waals surface area contributed by atoms with E-state index in [1.165, 1.54) is 44.2 Å². The minimum Gasteiger partial charge on any atom is -0.462 e. The molecule has 0 atom stereocenters. The second kappa shape index (κ2) is 7.34. The Balaban J connectivity index is 0.00000192. The first-order chi connectivity index (χ1) is 13.1. The van der Waals surface area contributed by atoms with Crippen LogP contribution in [-0.4, -0.2) is 0 Å². The van der Waals surface area contributed by atoms with E-state index in [0.717, 1.165) is 17.1 Å². The van der Waals surface area contributed by atoms with Crippen LogP contribution in [0.5, 0.6) is 0 Å². The standard InChI is InChI=1S/C26H21O.Zr/c1-16-13-20-14-21(25-12-11-17(2)27-25)15-24(20)26(18(16)3)23-10-6-8-19-7-4-5-9-22(19)23;/h4-15H,1-3H3;. The van der Waals surface area contributed by atoms with Crippen molar-refractivity contribution in [1.82, 2.24) is 0 Å². The molecule has 5 rings (SSSR count). The van der Waals surface area contributed by atoms with Crippen LogP contribution in [0.25, 0.3) is 33.5 Å². The fourth-order valence-electron chi connectivity index (χ4n) is 4.12. The van der Waals surface area contributed by atoms with Crippen molar-refractivity contribution < 1.29 is 30.6 Å². The molecule has 0 saturated carbocycles. The van der Waals surface area contributed by atoms with Crippen LogP contribution in [-0.2, 0) is 26.2 Å². The Kier molecular flexibility index (Phi) is 5.02. The Morgan fingerprint density at radius 2 is 1.61 bits per heavy atom. The van der Waals surface area contributed by atoms with Crippen molar-refractivity contribution in [3.05, 3.63) is 101 Å². The van der Waals surface area contributed by atoms with Gasteiger partial charge in [0.15, 0.2) is 0 Å².